The van der Waals surface area contributed by atoms with E-state index in [1.807, 2.05) is 18.2 Å². The minimum atomic E-state index is -0.250. The normalized spacial score (nSPS) is 7.75. The molecule has 0 saturated heterocycles. The number of para-hydroxylation sites is 1. The molecule has 0 unspecified atom stereocenters. The van der Waals surface area contributed by atoms with Gasteiger partial charge in [-0.2, -0.15) is 0 Å². The third kappa shape index (κ3) is 5.29. The zero-order valence-corrected chi connectivity index (χ0v) is 7.03. The molecule has 66 valence electrons. The molecule has 12 heavy (non-hydrogen) atoms. The predicted octanol–water partition coefficient (Wildman–Crippen LogP) is 1.82. The first-order chi connectivity index (χ1) is 5.85. The van der Waals surface area contributed by atoms with Crippen molar-refractivity contribution in [2.24, 2.45) is 0 Å². The van der Waals surface area contributed by atoms with Crippen molar-refractivity contribution >= 4 is 12.2 Å². The first-order valence-electron chi connectivity index (χ1n) is 3.72. The fraction of sp³-hybridized carbons (Fsp3) is 0.222. The summed E-state index contributed by atoms with van der Waals surface area (Å²) in [6.07, 6.45) is 0. The summed E-state index contributed by atoms with van der Waals surface area (Å²) in [7, 11) is 0. The molecular weight excluding hydrogens is 154 g/mol. The Balaban J connectivity index is 0.000000354. The van der Waals surface area contributed by atoms with Gasteiger partial charge in [0.2, 0.25) is 0 Å². The van der Waals surface area contributed by atoms with Crippen LogP contribution in [-0.2, 0) is 4.79 Å². The van der Waals surface area contributed by atoms with Crippen molar-refractivity contribution in [2.75, 3.05) is 11.9 Å². The Kier molecular flexibility index (Phi) is 6.64. The molecule has 0 heterocycles. The highest BCUT2D eigenvalue weighted by atomic mass is 16.3. The number of nitrogens with one attached hydrogen (secondary N) is 1. The maximum atomic E-state index is 8.36. The lowest BCUT2D eigenvalue weighted by Gasteiger charge is -1.99. The van der Waals surface area contributed by atoms with Crippen molar-refractivity contribution in [3.8, 4) is 0 Å². The average Bonchev–Trinajstić information content (AvgIpc) is 2.08. The second kappa shape index (κ2) is 7.60. The fourth-order valence-corrected chi connectivity index (χ4v) is 0.760. The van der Waals surface area contributed by atoms with Crippen LogP contribution in [0.3, 0.4) is 0 Å². The summed E-state index contributed by atoms with van der Waals surface area (Å²) in [6, 6.07) is 10.2. The molecule has 0 aliphatic heterocycles. The van der Waals surface area contributed by atoms with E-state index < -0.39 is 0 Å². The van der Waals surface area contributed by atoms with Crippen LogP contribution in [0.5, 0.6) is 0 Å². The molecule has 2 N–H and O–H groups in total. The Hall–Kier alpha value is -1.51. The van der Waals surface area contributed by atoms with Gasteiger partial charge in [-0.15, -0.1) is 0 Å². The van der Waals surface area contributed by atoms with Gasteiger partial charge < -0.3 is 10.4 Å². The SMILES string of the molecule is CCNc1ccccc1.O=CO. The van der Waals surface area contributed by atoms with E-state index in [0.717, 1.165) is 6.54 Å². The van der Waals surface area contributed by atoms with Gasteiger partial charge in [0.05, 0.1) is 0 Å². The molecule has 0 atom stereocenters. The summed E-state index contributed by atoms with van der Waals surface area (Å²) in [5, 5.41) is 10.1. The third-order valence-electron chi connectivity index (χ3n) is 1.15. The lowest BCUT2D eigenvalue weighted by Crippen LogP contribution is -1.94. The quantitative estimate of drug-likeness (QED) is 0.660. The van der Waals surface area contributed by atoms with Crippen LogP contribution in [0.4, 0.5) is 5.69 Å². The molecule has 0 radical (unpaired) electrons. The number of carbonyl (C=O) groups is 1. The number of rotatable bonds is 2. The standard InChI is InChI=1S/C8H11N.CH2O2/c1-2-9-8-6-4-3-5-7-8;2-1-3/h3-7,9H,2H2,1H3;1H,(H,2,3). The van der Waals surface area contributed by atoms with E-state index in [2.05, 4.69) is 24.4 Å². The van der Waals surface area contributed by atoms with Crippen LogP contribution in [0.1, 0.15) is 6.92 Å². The third-order valence-corrected chi connectivity index (χ3v) is 1.15. The van der Waals surface area contributed by atoms with E-state index in [1.54, 1.807) is 0 Å². The maximum Gasteiger partial charge on any atom is 0.290 e. The van der Waals surface area contributed by atoms with Gasteiger partial charge >= 0.3 is 0 Å². The molecular formula is C9H13NO2. The molecule has 1 aromatic carbocycles. The molecule has 0 saturated carbocycles. The van der Waals surface area contributed by atoms with Crippen LogP contribution in [0, 0.1) is 0 Å². The minimum Gasteiger partial charge on any atom is -0.483 e. The van der Waals surface area contributed by atoms with Gasteiger partial charge in [-0.05, 0) is 19.1 Å². The zero-order chi connectivity index (χ0) is 9.23. The Morgan fingerprint density at radius 2 is 1.92 bits per heavy atom. The van der Waals surface area contributed by atoms with Crippen LogP contribution in [0.15, 0.2) is 30.3 Å². The van der Waals surface area contributed by atoms with Crippen molar-refractivity contribution < 1.29 is 9.90 Å². The highest BCUT2D eigenvalue weighted by molar-refractivity contribution is 5.41. The van der Waals surface area contributed by atoms with E-state index in [9.17, 15) is 0 Å². The van der Waals surface area contributed by atoms with Crippen LogP contribution in [0.2, 0.25) is 0 Å². The summed E-state index contributed by atoms with van der Waals surface area (Å²) in [5.74, 6) is 0. The number of hydrogen-bond acceptors (Lipinski definition) is 2. The highest BCUT2D eigenvalue weighted by Gasteiger charge is 1.81. The second-order valence-electron chi connectivity index (χ2n) is 2.00. The molecule has 3 nitrogen and oxygen atoms in total. The van der Waals surface area contributed by atoms with Gasteiger partial charge in [-0.25, -0.2) is 0 Å². The van der Waals surface area contributed by atoms with Gasteiger partial charge in [0.1, 0.15) is 0 Å². The topological polar surface area (TPSA) is 49.3 Å². The summed E-state index contributed by atoms with van der Waals surface area (Å²) in [5.41, 5.74) is 1.19. The molecule has 1 aromatic rings. The number of anilines is 1. The summed E-state index contributed by atoms with van der Waals surface area (Å²) in [4.78, 5) is 8.36. The zero-order valence-electron chi connectivity index (χ0n) is 7.03. The van der Waals surface area contributed by atoms with Crippen molar-refractivity contribution in [3.05, 3.63) is 30.3 Å². The van der Waals surface area contributed by atoms with Crippen molar-refractivity contribution in [2.45, 2.75) is 6.92 Å². The van der Waals surface area contributed by atoms with Gasteiger partial charge in [0, 0.05) is 12.2 Å². The molecule has 0 spiro atoms. The summed E-state index contributed by atoms with van der Waals surface area (Å²) < 4.78 is 0. The second-order valence-corrected chi connectivity index (χ2v) is 2.00. The van der Waals surface area contributed by atoms with Crippen molar-refractivity contribution in [1.29, 1.82) is 0 Å². The number of hydrogen-bond donors (Lipinski definition) is 2. The van der Waals surface area contributed by atoms with Crippen molar-refractivity contribution in [1.82, 2.24) is 0 Å². The van der Waals surface area contributed by atoms with E-state index in [4.69, 9.17) is 9.90 Å². The lowest BCUT2D eigenvalue weighted by atomic mass is 10.3. The molecule has 0 aliphatic rings. The molecule has 0 fully saturated rings. The van der Waals surface area contributed by atoms with Crippen LogP contribution in [0.25, 0.3) is 0 Å². The molecule has 0 bridgehead atoms. The Morgan fingerprint density at radius 1 is 1.42 bits per heavy atom. The van der Waals surface area contributed by atoms with E-state index >= 15 is 0 Å². The Labute approximate surface area is 72.0 Å². The van der Waals surface area contributed by atoms with E-state index in [0.29, 0.717) is 0 Å². The molecule has 1 rings (SSSR count). The van der Waals surface area contributed by atoms with Crippen LogP contribution in [-0.4, -0.2) is 18.1 Å². The van der Waals surface area contributed by atoms with Crippen LogP contribution >= 0.6 is 0 Å². The van der Waals surface area contributed by atoms with E-state index in [1.165, 1.54) is 5.69 Å². The number of benzene rings is 1. The Bertz CT molecular complexity index is 199. The monoisotopic (exact) mass is 167 g/mol. The first-order valence-corrected chi connectivity index (χ1v) is 3.72. The van der Waals surface area contributed by atoms with Gasteiger partial charge in [-0.3, -0.25) is 4.79 Å². The fourth-order valence-electron chi connectivity index (χ4n) is 0.760. The van der Waals surface area contributed by atoms with Gasteiger partial charge in [0.15, 0.2) is 0 Å². The van der Waals surface area contributed by atoms with Crippen LogP contribution < -0.4 is 5.32 Å². The molecule has 0 aromatic heterocycles. The average molecular weight is 167 g/mol. The number of carboxylic acid groups (broad SMARTS) is 1. The van der Waals surface area contributed by atoms with E-state index in [-0.39, 0.29) is 6.47 Å². The van der Waals surface area contributed by atoms with Gasteiger partial charge in [0.25, 0.3) is 6.47 Å². The molecule has 0 amide bonds. The summed E-state index contributed by atoms with van der Waals surface area (Å²) >= 11 is 0. The summed E-state index contributed by atoms with van der Waals surface area (Å²) in [6.45, 7) is 2.83. The maximum absolute atomic E-state index is 8.36. The predicted molar refractivity (Wildman–Crippen MR) is 49.3 cm³/mol. The van der Waals surface area contributed by atoms with Gasteiger partial charge in [-0.1, -0.05) is 18.2 Å². The van der Waals surface area contributed by atoms with Crippen molar-refractivity contribution in [3.63, 3.8) is 0 Å². The largest absolute Gasteiger partial charge is 0.483 e. The first kappa shape index (κ1) is 10.5. The smallest absolute Gasteiger partial charge is 0.290 e. The molecule has 3 heteroatoms. The molecule has 0 aliphatic carbocycles. The lowest BCUT2D eigenvalue weighted by molar-refractivity contribution is -0.122. The minimum absolute atomic E-state index is 0.250. The highest BCUT2D eigenvalue weighted by Crippen LogP contribution is 2.02. The Morgan fingerprint density at radius 3 is 2.33 bits per heavy atom.